The highest BCUT2D eigenvalue weighted by Gasteiger charge is 2.13. The Balaban J connectivity index is 1.84. The van der Waals surface area contributed by atoms with Crippen LogP contribution in [0.25, 0.3) is 0 Å². The Morgan fingerprint density at radius 3 is 2.03 bits per heavy atom. The van der Waals surface area contributed by atoms with Crippen LogP contribution in [0.3, 0.4) is 0 Å². The van der Waals surface area contributed by atoms with Gasteiger partial charge in [0, 0.05) is 0 Å². The molecule has 29 heavy (non-hydrogen) atoms. The number of phosphoric acid groups is 1. The van der Waals surface area contributed by atoms with Crippen LogP contribution in [0, 0.1) is 5.92 Å². The molecule has 1 atom stereocenters. The summed E-state index contributed by atoms with van der Waals surface area (Å²) in [5.74, 6) is 0.859. The minimum atomic E-state index is -4.13. The molecule has 5 nitrogen and oxygen atoms in total. The van der Waals surface area contributed by atoms with Gasteiger partial charge in [-0.3, -0.25) is 4.57 Å². The first-order valence-corrected chi connectivity index (χ1v) is 13.3. The molecule has 0 bridgehead atoms. The van der Waals surface area contributed by atoms with Gasteiger partial charge in [-0.05, 0) is 38.0 Å². The number of allylic oxidation sites excluding steroid dienone is 2. The molecule has 0 heterocycles. The molecule has 0 aromatic carbocycles. The molecule has 1 rings (SSSR count). The summed E-state index contributed by atoms with van der Waals surface area (Å²) < 4.78 is 22.2. The van der Waals surface area contributed by atoms with E-state index in [0.717, 1.165) is 25.2 Å². The van der Waals surface area contributed by atoms with E-state index in [-0.39, 0.29) is 13.2 Å². The van der Waals surface area contributed by atoms with Crippen molar-refractivity contribution >= 4 is 7.82 Å². The molecule has 0 saturated heterocycles. The standard InChI is InChI=1S/C23H46NO4P/c1-24(2,3)20-22-28-29(25,26)27-21-16-11-9-7-5-4-6-8-10-13-17-23-18-14-12-15-19-23/h13,17,23H,4-12,14-16,18-22H2,1-3H3/b17-13+. The zero-order valence-electron chi connectivity index (χ0n) is 19.3. The van der Waals surface area contributed by atoms with E-state index in [2.05, 4.69) is 12.2 Å². The molecule has 1 fully saturated rings. The monoisotopic (exact) mass is 431 g/mol. The lowest BCUT2D eigenvalue weighted by molar-refractivity contribution is -0.870. The molecule has 0 N–H and O–H groups in total. The summed E-state index contributed by atoms with van der Waals surface area (Å²) in [4.78, 5) is 11.7. The lowest BCUT2D eigenvalue weighted by Gasteiger charge is -2.27. The molecule has 0 aromatic rings. The predicted octanol–water partition coefficient (Wildman–Crippen LogP) is 5.84. The first kappa shape index (κ1) is 26.8. The summed E-state index contributed by atoms with van der Waals surface area (Å²) in [7, 11) is 1.85. The summed E-state index contributed by atoms with van der Waals surface area (Å²) >= 11 is 0. The molecule has 1 aliphatic rings. The fourth-order valence-corrected chi connectivity index (χ4v) is 4.41. The lowest BCUT2D eigenvalue weighted by atomic mass is 9.89. The van der Waals surface area contributed by atoms with Gasteiger partial charge in [0.15, 0.2) is 0 Å². The Hall–Kier alpha value is -0.190. The normalized spacial score (nSPS) is 18.3. The van der Waals surface area contributed by atoms with Crippen LogP contribution in [0.4, 0.5) is 0 Å². The van der Waals surface area contributed by atoms with Crippen molar-refractivity contribution in [3.8, 4) is 0 Å². The van der Waals surface area contributed by atoms with Gasteiger partial charge < -0.3 is 18.4 Å². The van der Waals surface area contributed by atoms with Gasteiger partial charge in [0.1, 0.15) is 13.2 Å². The second-order valence-corrected chi connectivity index (χ2v) is 11.0. The van der Waals surface area contributed by atoms with E-state index < -0.39 is 7.82 Å². The Morgan fingerprint density at radius 2 is 1.41 bits per heavy atom. The van der Waals surface area contributed by atoms with E-state index >= 15 is 0 Å². The molecule has 0 amide bonds. The van der Waals surface area contributed by atoms with Gasteiger partial charge in [-0.1, -0.05) is 69.9 Å². The summed E-state index contributed by atoms with van der Waals surface area (Å²) in [5.41, 5.74) is 0. The van der Waals surface area contributed by atoms with Gasteiger partial charge in [-0.15, -0.1) is 0 Å². The zero-order valence-corrected chi connectivity index (χ0v) is 20.2. The summed E-state index contributed by atoms with van der Waals surface area (Å²) in [6, 6.07) is 0. The lowest BCUT2D eigenvalue weighted by Crippen LogP contribution is -2.37. The SMILES string of the molecule is C[N+](C)(C)CCOP(=O)([O-])OCCCCCCCCCC/C=C/C1CCCCC1. The molecule has 0 aliphatic heterocycles. The number of likely N-dealkylation sites (N-methyl/N-ethyl adjacent to an activating group) is 1. The number of rotatable bonds is 17. The van der Waals surface area contributed by atoms with Crippen LogP contribution in [-0.2, 0) is 13.6 Å². The van der Waals surface area contributed by atoms with Gasteiger partial charge >= 0.3 is 0 Å². The first-order chi connectivity index (χ1) is 13.8. The van der Waals surface area contributed by atoms with Gasteiger partial charge in [0.05, 0.1) is 27.7 Å². The Kier molecular flexibility index (Phi) is 14.4. The van der Waals surface area contributed by atoms with Crippen LogP contribution in [0.15, 0.2) is 12.2 Å². The second kappa shape index (κ2) is 15.6. The third-order valence-electron chi connectivity index (χ3n) is 5.58. The van der Waals surface area contributed by atoms with Crippen molar-refractivity contribution in [2.24, 2.45) is 5.92 Å². The number of hydrogen-bond acceptors (Lipinski definition) is 4. The highest BCUT2D eigenvalue weighted by atomic mass is 31.2. The van der Waals surface area contributed by atoms with E-state index in [0.29, 0.717) is 11.0 Å². The van der Waals surface area contributed by atoms with Crippen molar-refractivity contribution in [3.05, 3.63) is 12.2 Å². The average Bonchev–Trinajstić information content (AvgIpc) is 2.65. The Morgan fingerprint density at radius 1 is 0.862 bits per heavy atom. The number of hydrogen-bond donors (Lipinski definition) is 0. The molecule has 1 unspecified atom stereocenters. The molecule has 1 saturated carbocycles. The quantitative estimate of drug-likeness (QED) is 0.126. The third-order valence-corrected chi connectivity index (χ3v) is 6.58. The maximum atomic E-state index is 11.7. The van der Waals surface area contributed by atoms with Gasteiger partial charge in [0.2, 0.25) is 0 Å². The molecular formula is C23H46NO4P. The van der Waals surface area contributed by atoms with Crippen molar-refractivity contribution in [2.45, 2.75) is 89.9 Å². The van der Waals surface area contributed by atoms with E-state index in [1.54, 1.807) is 0 Å². The molecular weight excluding hydrogens is 385 g/mol. The van der Waals surface area contributed by atoms with Crippen LogP contribution in [0.5, 0.6) is 0 Å². The Labute approximate surface area is 180 Å². The first-order valence-electron chi connectivity index (χ1n) is 11.9. The van der Waals surface area contributed by atoms with E-state index in [4.69, 9.17) is 9.05 Å². The fourth-order valence-electron chi connectivity index (χ4n) is 3.68. The largest absolute Gasteiger partial charge is 0.756 e. The van der Waals surface area contributed by atoms with Crippen molar-refractivity contribution in [1.82, 2.24) is 0 Å². The van der Waals surface area contributed by atoms with Gasteiger partial charge in [0.25, 0.3) is 7.82 Å². The smallest absolute Gasteiger partial charge is 0.268 e. The van der Waals surface area contributed by atoms with Crippen molar-refractivity contribution < 1.29 is 23.0 Å². The fraction of sp³-hybridized carbons (Fsp3) is 0.913. The minimum absolute atomic E-state index is 0.167. The highest BCUT2D eigenvalue weighted by Crippen LogP contribution is 2.38. The Bertz CT molecular complexity index is 470. The number of unbranched alkanes of at least 4 members (excludes halogenated alkanes) is 8. The maximum absolute atomic E-state index is 11.7. The second-order valence-electron chi connectivity index (χ2n) is 9.57. The molecule has 0 spiro atoms. The van der Waals surface area contributed by atoms with Crippen molar-refractivity contribution in [3.63, 3.8) is 0 Å². The van der Waals surface area contributed by atoms with Crippen LogP contribution >= 0.6 is 7.82 Å². The third kappa shape index (κ3) is 17.2. The van der Waals surface area contributed by atoms with Gasteiger partial charge in [-0.2, -0.15) is 0 Å². The summed E-state index contributed by atoms with van der Waals surface area (Å²) in [6.45, 7) is 1.03. The molecule has 172 valence electrons. The zero-order chi connectivity index (χ0) is 21.4. The maximum Gasteiger partial charge on any atom is 0.268 e. The number of quaternary nitrogens is 1. The van der Waals surface area contributed by atoms with Crippen molar-refractivity contribution in [1.29, 1.82) is 0 Å². The molecule has 0 aromatic heterocycles. The van der Waals surface area contributed by atoms with E-state index in [9.17, 15) is 9.46 Å². The van der Waals surface area contributed by atoms with Crippen LogP contribution in [0.2, 0.25) is 0 Å². The summed E-state index contributed by atoms with van der Waals surface area (Å²) in [5, 5.41) is 0. The number of phosphoric ester groups is 1. The van der Waals surface area contributed by atoms with E-state index in [1.807, 2.05) is 21.1 Å². The summed E-state index contributed by atoms with van der Waals surface area (Å²) in [6.07, 6.45) is 22.6. The topological polar surface area (TPSA) is 58.6 Å². The van der Waals surface area contributed by atoms with E-state index in [1.165, 1.54) is 70.6 Å². The van der Waals surface area contributed by atoms with Crippen LogP contribution < -0.4 is 4.89 Å². The van der Waals surface area contributed by atoms with Gasteiger partial charge in [-0.25, -0.2) is 0 Å². The highest BCUT2D eigenvalue weighted by molar-refractivity contribution is 7.45. The molecule has 0 radical (unpaired) electrons. The minimum Gasteiger partial charge on any atom is -0.756 e. The molecule has 1 aliphatic carbocycles. The molecule has 6 heteroatoms. The predicted molar refractivity (Wildman–Crippen MR) is 120 cm³/mol. The van der Waals surface area contributed by atoms with Crippen molar-refractivity contribution in [2.75, 3.05) is 40.9 Å². The van der Waals surface area contributed by atoms with Crippen LogP contribution in [0.1, 0.15) is 89.9 Å². The van der Waals surface area contributed by atoms with Crippen LogP contribution in [-0.4, -0.2) is 45.4 Å². The number of nitrogens with zero attached hydrogens (tertiary/aromatic N) is 1. The average molecular weight is 432 g/mol.